The molecule has 0 aromatic heterocycles. The van der Waals surface area contributed by atoms with Gasteiger partial charge < -0.3 is 16.2 Å². The fraction of sp³-hybridized carbons (Fsp3) is 0.778. The van der Waals surface area contributed by atoms with E-state index in [1.54, 1.807) is 0 Å². The van der Waals surface area contributed by atoms with Gasteiger partial charge in [0.15, 0.2) is 0 Å². The van der Waals surface area contributed by atoms with Crippen LogP contribution in [0.25, 0.3) is 0 Å². The number of halogens is 1. The molecule has 1 unspecified atom stereocenters. The van der Waals surface area contributed by atoms with Gasteiger partial charge in [-0.3, -0.25) is 9.59 Å². The molecular formula is C9H19ClN2O3. The van der Waals surface area contributed by atoms with E-state index in [0.717, 1.165) is 0 Å². The molecule has 0 aliphatic rings. The highest BCUT2D eigenvalue weighted by atomic mass is 35.5. The summed E-state index contributed by atoms with van der Waals surface area (Å²) < 4.78 is 0. The summed E-state index contributed by atoms with van der Waals surface area (Å²) in [5.41, 5.74) is 5.19. The maximum atomic E-state index is 11.2. The van der Waals surface area contributed by atoms with Crippen molar-refractivity contribution >= 4 is 24.3 Å². The molecule has 1 amide bonds. The molecule has 0 spiro atoms. The number of hydrogen-bond donors (Lipinski definition) is 3. The molecule has 0 fully saturated rings. The van der Waals surface area contributed by atoms with Crippen molar-refractivity contribution in [3.05, 3.63) is 0 Å². The number of nitrogens with one attached hydrogen (secondary N) is 1. The van der Waals surface area contributed by atoms with Crippen molar-refractivity contribution in [3.8, 4) is 0 Å². The molecule has 0 saturated heterocycles. The second-order valence-electron chi connectivity index (χ2n) is 4.49. The number of carbonyl (C=O) groups excluding carboxylic acids is 1. The largest absolute Gasteiger partial charge is 0.480 e. The van der Waals surface area contributed by atoms with Crippen LogP contribution >= 0.6 is 12.4 Å². The van der Waals surface area contributed by atoms with Gasteiger partial charge in [0.05, 0.1) is 6.42 Å². The van der Waals surface area contributed by atoms with Crippen LogP contribution in [-0.2, 0) is 9.59 Å². The summed E-state index contributed by atoms with van der Waals surface area (Å²) in [5, 5.41) is 11.1. The minimum Gasteiger partial charge on any atom is -0.480 e. The Bertz CT molecular complexity index is 226. The predicted molar refractivity (Wildman–Crippen MR) is 59.9 cm³/mol. The van der Waals surface area contributed by atoms with E-state index in [4.69, 9.17) is 10.8 Å². The normalized spacial score (nSPS) is 12.5. The Balaban J connectivity index is 0. The van der Waals surface area contributed by atoms with Crippen molar-refractivity contribution in [1.29, 1.82) is 0 Å². The molecule has 4 N–H and O–H groups in total. The van der Waals surface area contributed by atoms with E-state index in [1.165, 1.54) is 0 Å². The predicted octanol–water partition coefficient (Wildman–Crippen LogP) is 0.373. The molecule has 0 aliphatic carbocycles. The molecule has 0 heterocycles. The van der Waals surface area contributed by atoms with Crippen LogP contribution in [0.2, 0.25) is 0 Å². The molecular weight excluding hydrogens is 220 g/mol. The lowest BCUT2D eigenvalue weighted by atomic mass is 9.97. The first-order valence-corrected chi connectivity index (χ1v) is 4.47. The zero-order valence-corrected chi connectivity index (χ0v) is 10.1. The van der Waals surface area contributed by atoms with Gasteiger partial charge in [-0.2, -0.15) is 0 Å². The van der Waals surface area contributed by atoms with Gasteiger partial charge in [-0.25, -0.2) is 0 Å². The molecule has 0 aromatic carbocycles. The second kappa shape index (κ2) is 6.63. The number of carboxylic acids is 1. The Hall–Kier alpha value is -0.810. The van der Waals surface area contributed by atoms with Crippen LogP contribution in [-0.4, -0.2) is 29.6 Å². The van der Waals surface area contributed by atoms with E-state index in [9.17, 15) is 9.59 Å². The average molecular weight is 239 g/mol. The van der Waals surface area contributed by atoms with Crippen LogP contribution in [0.15, 0.2) is 0 Å². The van der Waals surface area contributed by atoms with Crippen LogP contribution in [0.1, 0.15) is 27.2 Å². The van der Waals surface area contributed by atoms with Crippen LogP contribution in [0, 0.1) is 5.41 Å². The Labute approximate surface area is 95.8 Å². The van der Waals surface area contributed by atoms with Gasteiger partial charge in [-0.1, -0.05) is 20.8 Å². The van der Waals surface area contributed by atoms with Gasteiger partial charge in [-0.15, -0.1) is 12.4 Å². The van der Waals surface area contributed by atoms with Crippen molar-refractivity contribution in [2.45, 2.75) is 33.2 Å². The van der Waals surface area contributed by atoms with Gasteiger partial charge in [0.2, 0.25) is 5.91 Å². The SMILES string of the molecule is CC(C)(C)CNC(=O)CC(N)C(=O)O.Cl. The standard InChI is InChI=1S/C9H18N2O3.ClH/c1-9(2,3)5-11-7(12)4-6(10)8(13)14;/h6H,4-5,10H2,1-3H3,(H,11,12)(H,13,14);1H. The highest BCUT2D eigenvalue weighted by Crippen LogP contribution is 2.10. The fourth-order valence-electron chi connectivity index (χ4n) is 0.723. The number of carbonyl (C=O) groups is 2. The first kappa shape index (κ1) is 16.6. The topological polar surface area (TPSA) is 92.4 Å². The van der Waals surface area contributed by atoms with E-state index >= 15 is 0 Å². The van der Waals surface area contributed by atoms with Crippen molar-refractivity contribution in [2.24, 2.45) is 11.1 Å². The molecule has 90 valence electrons. The van der Waals surface area contributed by atoms with Crippen LogP contribution in [0.5, 0.6) is 0 Å². The third kappa shape index (κ3) is 9.49. The van der Waals surface area contributed by atoms with E-state index in [-0.39, 0.29) is 30.2 Å². The lowest BCUT2D eigenvalue weighted by molar-refractivity contribution is -0.140. The summed E-state index contributed by atoms with van der Waals surface area (Å²) >= 11 is 0. The summed E-state index contributed by atoms with van der Waals surface area (Å²) in [6, 6.07) is -1.12. The van der Waals surface area contributed by atoms with Crippen LogP contribution in [0.4, 0.5) is 0 Å². The molecule has 0 rings (SSSR count). The summed E-state index contributed by atoms with van der Waals surface area (Å²) in [6.45, 7) is 6.44. The summed E-state index contributed by atoms with van der Waals surface area (Å²) in [6.07, 6.45) is -0.175. The van der Waals surface area contributed by atoms with E-state index in [2.05, 4.69) is 5.32 Å². The van der Waals surface area contributed by atoms with Gasteiger partial charge in [0.25, 0.3) is 0 Å². The average Bonchev–Trinajstić information content (AvgIpc) is 1.99. The number of amides is 1. The molecule has 5 nitrogen and oxygen atoms in total. The number of hydrogen-bond acceptors (Lipinski definition) is 3. The van der Waals surface area contributed by atoms with Crippen molar-refractivity contribution < 1.29 is 14.7 Å². The Morgan fingerprint density at radius 3 is 2.20 bits per heavy atom. The van der Waals surface area contributed by atoms with Gasteiger partial charge in [-0.05, 0) is 5.41 Å². The monoisotopic (exact) mass is 238 g/mol. The fourth-order valence-corrected chi connectivity index (χ4v) is 0.723. The second-order valence-corrected chi connectivity index (χ2v) is 4.49. The highest BCUT2D eigenvalue weighted by molar-refractivity contribution is 5.85. The quantitative estimate of drug-likeness (QED) is 0.660. The lowest BCUT2D eigenvalue weighted by Crippen LogP contribution is -2.39. The number of carboxylic acid groups (broad SMARTS) is 1. The first-order chi connectivity index (χ1) is 6.22. The molecule has 0 aliphatic heterocycles. The summed E-state index contributed by atoms with van der Waals surface area (Å²) in [5.74, 6) is -1.48. The van der Waals surface area contributed by atoms with Crippen molar-refractivity contribution in [1.82, 2.24) is 5.32 Å². The lowest BCUT2D eigenvalue weighted by Gasteiger charge is -2.19. The third-order valence-electron chi connectivity index (χ3n) is 1.54. The Morgan fingerprint density at radius 2 is 1.87 bits per heavy atom. The van der Waals surface area contributed by atoms with Crippen LogP contribution in [0.3, 0.4) is 0 Å². The molecule has 0 aromatic rings. The Morgan fingerprint density at radius 1 is 1.40 bits per heavy atom. The number of rotatable bonds is 4. The van der Waals surface area contributed by atoms with Gasteiger partial charge in [0, 0.05) is 6.54 Å². The molecule has 1 atom stereocenters. The maximum Gasteiger partial charge on any atom is 0.321 e. The van der Waals surface area contributed by atoms with Gasteiger partial charge in [0.1, 0.15) is 6.04 Å². The summed E-state index contributed by atoms with van der Waals surface area (Å²) in [4.78, 5) is 21.5. The first-order valence-electron chi connectivity index (χ1n) is 4.47. The highest BCUT2D eigenvalue weighted by Gasteiger charge is 2.17. The smallest absolute Gasteiger partial charge is 0.321 e. The van der Waals surface area contributed by atoms with E-state index in [0.29, 0.717) is 6.54 Å². The molecule has 15 heavy (non-hydrogen) atoms. The van der Waals surface area contributed by atoms with Crippen LogP contribution < -0.4 is 11.1 Å². The molecule has 0 bridgehead atoms. The zero-order valence-electron chi connectivity index (χ0n) is 9.24. The molecule has 0 saturated carbocycles. The minimum absolute atomic E-state index is 0. The Kier molecular flexibility index (Phi) is 7.35. The van der Waals surface area contributed by atoms with Crippen molar-refractivity contribution in [2.75, 3.05) is 6.54 Å². The minimum atomic E-state index is -1.16. The molecule has 0 radical (unpaired) electrons. The van der Waals surface area contributed by atoms with Gasteiger partial charge >= 0.3 is 5.97 Å². The van der Waals surface area contributed by atoms with E-state index < -0.39 is 12.0 Å². The zero-order chi connectivity index (χ0) is 11.4. The number of nitrogens with two attached hydrogens (primary N) is 1. The third-order valence-corrected chi connectivity index (χ3v) is 1.54. The summed E-state index contributed by atoms with van der Waals surface area (Å²) in [7, 11) is 0. The van der Waals surface area contributed by atoms with E-state index in [1.807, 2.05) is 20.8 Å². The molecule has 6 heteroatoms. The number of aliphatic carboxylic acids is 1. The van der Waals surface area contributed by atoms with Crippen molar-refractivity contribution in [3.63, 3.8) is 0 Å². The maximum absolute atomic E-state index is 11.2.